The smallest absolute Gasteiger partial charge is 0.387 e. The van der Waals surface area contributed by atoms with Crippen LogP contribution in [0.1, 0.15) is 55.8 Å². The molecule has 1 unspecified atom stereocenters. The summed E-state index contributed by atoms with van der Waals surface area (Å²) in [5, 5.41) is 3.15. The van der Waals surface area contributed by atoms with Crippen molar-refractivity contribution in [1.29, 1.82) is 0 Å². The molecule has 1 saturated carbocycles. The number of hydrogen-bond donors (Lipinski definition) is 1. The molecule has 5 nitrogen and oxygen atoms in total. The molecule has 3 rings (SSSR count). The minimum atomic E-state index is -2.99. The normalized spacial score (nSPS) is 25.4. The molecule has 0 spiro atoms. The van der Waals surface area contributed by atoms with Crippen LogP contribution in [0.3, 0.4) is 0 Å². The molecule has 1 aliphatic carbocycles. The van der Waals surface area contributed by atoms with Gasteiger partial charge in [-0.05, 0) is 56.6 Å². The molecule has 0 bridgehead atoms. The molecule has 1 atom stereocenters. The molecule has 1 aromatic rings. The van der Waals surface area contributed by atoms with Gasteiger partial charge >= 0.3 is 6.61 Å². The van der Waals surface area contributed by atoms with Crippen molar-refractivity contribution in [3.05, 3.63) is 29.8 Å². The molecule has 1 N–H and O–H groups in total. The molecule has 1 aliphatic heterocycles. The van der Waals surface area contributed by atoms with E-state index in [2.05, 4.69) is 17.0 Å². The third kappa shape index (κ3) is 5.20. The zero-order chi connectivity index (χ0) is 20.1. The van der Waals surface area contributed by atoms with Gasteiger partial charge in [0.05, 0.1) is 11.5 Å². The van der Waals surface area contributed by atoms with Crippen molar-refractivity contribution in [3.63, 3.8) is 0 Å². The molecule has 1 aromatic carbocycles. The Bertz CT molecular complexity index is 690. The molecule has 154 valence electrons. The van der Waals surface area contributed by atoms with E-state index in [1.807, 2.05) is 0 Å². The zero-order valence-corrected chi connectivity index (χ0v) is 16.2. The summed E-state index contributed by atoms with van der Waals surface area (Å²) in [6.07, 6.45) is 5.70. The van der Waals surface area contributed by atoms with Crippen LogP contribution in [-0.4, -0.2) is 42.5 Å². The van der Waals surface area contributed by atoms with Crippen molar-refractivity contribution in [1.82, 2.24) is 10.2 Å². The lowest BCUT2D eigenvalue weighted by atomic mass is 9.87. The van der Waals surface area contributed by atoms with Crippen LogP contribution in [0.25, 0.3) is 0 Å². The van der Waals surface area contributed by atoms with E-state index >= 15 is 0 Å². The molecule has 28 heavy (non-hydrogen) atoms. The van der Waals surface area contributed by atoms with Crippen LogP contribution < -0.4 is 10.1 Å². The summed E-state index contributed by atoms with van der Waals surface area (Å²) in [5.41, 5.74) is 0.102. The molecular weight excluding hydrogens is 366 g/mol. The SMILES string of the molecule is CC1CCC(NC(=O)C2CCCN(C(=O)c3ccccc3OC(F)F)C2)CC1. The van der Waals surface area contributed by atoms with Crippen molar-refractivity contribution >= 4 is 11.8 Å². The van der Waals surface area contributed by atoms with Gasteiger partial charge < -0.3 is 15.0 Å². The monoisotopic (exact) mass is 394 g/mol. The number of nitrogens with one attached hydrogen (secondary N) is 1. The molecule has 2 fully saturated rings. The van der Waals surface area contributed by atoms with E-state index in [1.165, 1.54) is 12.1 Å². The maximum atomic E-state index is 12.9. The van der Waals surface area contributed by atoms with Gasteiger partial charge in [0.15, 0.2) is 0 Å². The van der Waals surface area contributed by atoms with Crippen LogP contribution in [0.5, 0.6) is 5.75 Å². The van der Waals surface area contributed by atoms with Gasteiger partial charge in [0, 0.05) is 19.1 Å². The average Bonchev–Trinajstić information content (AvgIpc) is 2.69. The second kappa shape index (κ2) is 9.34. The summed E-state index contributed by atoms with van der Waals surface area (Å²) in [5.74, 6) is -0.0634. The van der Waals surface area contributed by atoms with Gasteiger partial charge in [0.2, 0.25) is 5.91 Å². The highest BCUT2D eigenvalue weighted by Gasteiger charge is 2.31. The number of alkyl halides is 2. The summed E-state index contributed by atoms with van der Waals surface area (Å²) in [6.45, 7) is 0.0498. The van der Waals surface area contributed by atoms with Gasteiger partial charge in [0.1, 0.15) is 5.75 Å². The highest BCUT2D eigenvalue weighted by Crippen LogP contribution is 2.27. The number of benzene rings is 1. The largest absolute Gasteiger partial charge is 0.434 e. The Morgan fingerprint density at radius 2 is 1.86 bits per heavy atom. The number of halogens is 2. The van der Waals surface area contributed by atoms with E-state index in [0.717, 1.165) is 32.1 Å². The standard InChI is InChI=1S/C21H28F2N2O3/c1-14-8-10-16(11-9-14)24-19(26)15-5-4-12-25(13-15)20(27)17-6-2-3-7-18(17)28-21(22)23/h2-3,6-7,14-16,21H,4-5,8-13H2,1H3,(H,24,26). The number of rotatable bonds is 5. The predicted molar refractivity (Wildman–Crippen MR) is 101 cm³/mol. The fraction of sp³-hybridized carbons (Fsp3) is 0.619. The summed E-state index contributed by atoms with van der Waals surface area (Å²) in [6, 6.07) is 6.22. The van der Waals surface area contributed by atoms with Crippen LogP contribution in [-0.2, 0) is 4.79 Å². The van der Waals surface area contributed by atoms with Crippen LogP contribution >= 0.6 is 0 Å². The van der Waals surface area contributed by atoms with Gasteiger partial charge in [-0.1, -0.05) is 19.1 Å². The van der Waals surface area contributed by atoms with Gasteiger partial charge in [-0.15, -0.1) is 0 Å². The lowest BCUT2D eigenvalue weighted by Crippen LogP contribution is -2.48. The first kappa shape index (κ1) is 20.6. The Morgan fingerprint density at radius 1 is 1.14 bits per heavy atom. The molecule has 7 heteroatoms. The number of piperidine rings is 1. The number of nitrogens with zero attached hydrogens (tertiary/aromatic N) is 1. The van der Waals surface area contributed by atoms with Crippen molar-refractivity contribution in [3.8, 4) is 5.75 Å². The first-order chi connectivity index (χ1) is 13.4. The minimum absolute atomic E-state index is 0.00540. The summed E-state index contributed by atoms with van der Waals surface area (Å²) in [4.78, 5) is 27.1. The number of amides is 2. The van der Waals surface area contributed by atoms with Crippen LogP contribution in [0.2, 0.25) is 0 Å². The number of ether oxygens (including phenoxy) is 1. The summed E-state index contributed by atoms with van der Waals surface area (Å²) in [7, 11) is 0. The van der Waals surface area contributed by atoms with E-state index in [-0.39, 0.29) is 35.1 Å². The molecule has 2 aliphatic rings. The maximum absolute atomic E-state index is 12.9. The first-order valence-corrected chi connectivity index (χ1v) is 10.1. The molecule has 0 radical (unpaired) electrons. The molecular formula is C21H28F2N2O3. The van der Waals surface area contributed by atoms with Crippen molar-refractivity contribution < 1.29 is 23.1 Å². The fourth-order valence-electron chi connectivity index (χ4n) is 4.11. The maximum Gasteiger partial charge on any atom is 0.387 e. The van der Waals surface area contributed by atoms with Gasteiger partial charge in [-0.3, -0.25) is 9.59 Å². The molecule has 0 aromatic heterocycles. The van der Waals surface area contributed by atoms with Crippen molar-refractivity contribution in [2.75, 3.05) is 13.1 Å². The van der Waals surface area contributed by atoms with Gasteiger partial charge in [-0.2, -0.15) is 8.78 Å². The summed E-state index contributed by atoms with van der Waals surface area (Å²) < 4.78 is 29.7. The lowest BCUT2D eigenvalue weighted by Gasteiger charge is -2.34. The number of carbonyl (C=O) groups is 2. The second-order valence-corrected chi connectivity index (χ2v) is 7.93. The number of likely N-dealkylation sites (tertiary alicyclic amines) is 1. The highest BCUT2D eigenvalue weighted by molar-refractivity contribution is 5.97. The topological polar surface area (TPSA) is 58.6 Å². The Labute approximate surface area is 164 Å². The molecule has 2 amide bonds. The number of carbonyl (C=O) groups excluding carboxylic acids is 2. The Kier molecular flexibility index (Phi) is 6.86. The van der Waals surface area contributed by atoms with E-state index in [1.54, 1.807) is 17.0 Å². The number of para-hydroxylation sites is 1. The third-order valence-electron chi connectivity index (χ3n) is 5.78. The predicted octanol–water partition coefficient (Wildman–Crippen LogP) is 3.84. The van der Waals surface area contributed by atoms with Gasteiger partial charge in [-0.25, -0.2) is 0 Å². The average molecular weight is 394 g/mol. The third-order valence-corrected chi connectivity index (χ3v) is 5.78. The Balaban J connectivity index is 1.61. The van der Waals surface area contributed by atoms with E-state index in [9.17, 15) is 18.4 Å². The number of hydrogen-bond acceptors (Lipinski definition) is 3. The highest BCUT2D eigenvalue weighted by atomic mass is 19.3. The minimum Gasteiger partial charge on any atom is -0.434 e. The quantitative estimate of drug-likeness (QED) is 0.826. The van der Waals surface area contributed by atoms with Crippen molar-refractivity contribution in [2.24, 2.45) is 11.8 Å². The Hall–Kier alpha value is -2.18. The first-order valence-electron chi connectivity index (χ1n) is 10.1. The fourth-order valence-corrected chi connectivity index (χ4v) is 4.11. The van der Waals surface area contributed by atoms with Crippen LogP contribution in [0.4, 0.5) is 8.78 Å². The van der Waals surface area contributed by atoms with Crippen LogP contribution in [0.15, 0.2) is 24.3 Å². The van der Waals surface area contributed by atoms with Crippen LogP contribution in [0, 0.1) is 11.8 Å². The van der Waals surface area contributed by atoms with E-state index in [0.29, 0.717) is 25.4 Å². The van der Waals surface area contributed by atoms with E-state index < -0.39 is 6.61 Å². The second-order valence-electron chi connectivity index (χ2n) is 7.93. The molecule has 1 heterocycles. The summed E-state index contributed by atoms with van der Waals surface area (Å²) >= 11 is 0. The lowest BCUT2D eigenvalue weighted by molar-refractivity contribution is -0.127. The van der Waals surface area contributed by atoms with E-state index in [4.69, 9.17) is 0 Å². The Morgan fingerprint density at radius 3 is 2.57 bits per heavy atom. The molecule has 1 saturated heterocycles. The van der Waals surface area contributed by atoms with Gasteiger partial charge in [0.25, 0.3) is 5.91 Å². The van der Waals surface area contributed by atoms with Crippen molar-refractivity contribution in [2.45, 2.75) is 58.1 Å². The zero-order valence-electron chi connectivity index (χ0n) is 16.2.